The summed E-state index contributed by atoms with van der Waals surface area (Å²) in [5.41, 5.74) is -0.0838. The predicted octanol–water partition coefficient (Wildman–Crippen LogP) is 3.32. The standard InChI is InChI=1S/C10H6ClN3O4S/c11-8-5-12-9(19-8)13-10(15)18-7-3-1-6(2-4-7)14(16)17/h1-5H,(H,12,13,15). The van der Waals surface area contributed by atoms with E-state index in [1.807, 2.05) is 0 Å². The van der Waals surface area contributed by atoms with Gasteiger partial charge in [0, 0.05) is 12.1 Å². The van der Waals surface area contributed by atoms with Gasteiger partial charge >= 0.3 is 6.09 Å². The van der Waals surface area contributed by atoms with E-state index in [1.54, 1.807) is 0 Å². The summed E-state index contributed by atoms with van der Waals surface area (Å²) in [7, 11) is 0. The van der Waals surface area contributed by atoms with Crippen LogP contribution in [-0.4, -0.2) is 16.0 Å². The summed E-state index contributed by atoms with van der Waals surface area (Å²) in [6, 6.07) is 5.13. The molecule has 0 saturated heterocycles. The van der Waals surface area contributed by atoms with E-state index in [0.29, 0.717) is 9.47 Å². The van der Waals surface area contributed by atoms with E-state index in [2.05, 4.69) is 10.3 Å². The first-order chi connectivity index (χ1) is 9.04. The Bertz CT molecular complexity index is 613. The first kappa shape index (κ1) is 13.2. The predicted molar refractivity (Wildman–Crippen MR) is 69.9 cm³/mol. The van der Waals surface area contributed by atoms with Crippen LogP contribution in [0.5, 0.6) is 5.75 Å². The van der Waals surface area contributed by atoms with Gasteiger partial charge in [0.15, 0.2) is 5.13 Å². The third-order valence-electron chi connectivity index (χ3n) is 1.94. The number of halogens is 1. The van der Waals surface area contributed by atoms with E-state index in [9.17, 15) is 14.9 Å². The monoisotopic (exact) mass is 299 g/mol. The SMILES string of the molecule is O=C(Nc1ncc(Cl)s1)Oc1ccc([N+](=O)[O-])cc1. The number of rotatable bonds is 3. The Morgan fingerprint density at radius 2 is 2.11 bits per heavy atom. The van der Waals surface area contributed by atoms with Crippen LogP contribution in [0, 0.1) is 10.1 Å². The van der Waals surface area contributed by atoms with Crippen molar-refractivity contribution in [1.29, 1.82) is 0 Å². The molecule has 0 spiro atoms. The average molecular weight is 300 g/mol. The third kappa shape index (κ3) is 3.63. The second kappa shape index (κ2) is 5.63. The van der Waals surface area contributed by atoms with Crippen LogP contribution in [0.2, 0.25) is 4.34 Å². The van der Waals surface area contributed by atoms with E-state index < -0.39 is 11.0 Å². The molecule has 0 atom stereocenters. The molecular weight excluding hydrogens is 294 g/mol. The Kier molecular flexibility index (Phi) is 3.93. The van der Waals surface area contributed by atoms with Crippen LogP contribution in [0.25, 0.3) is 0 Å². The molecule has 1 N–H and O–H groups in total. The molecule has 0 radical (unpaired) electrons. The van der Waals surface area contributed by atoms with Crippen molar-refractivity contribution in [2.75, 3.05) is 5.32 Å². The minimum absolute atomic E-state index is 0.0838. The number of nitrogens with zero attached hydrogens (tertiary/aromatic N) is 2. The fourth-order valence-electron chi connectivity index (χ4n) is 1.17. The van der Waals surface area contributed by atoms with Crippen molar-refractivity contribution in [2.45, 2.75) is 0 Å². The maximum atomic E-state index is 11.5. The fraction of sp³-hybridized carbons (Fsp3) is 0. The van der Waals surface area contributed by atoms with Gasteiger partial charge in [-0.2, -0.15) is 0 Å². The summed E-state index contributed by atoms with van der Waals surface area (Å²) >= 11 is 6.74. The van der Waals surface area contributed by atoms with Crippen molar-refractivity contribution in [1.82, 2.24) is 4.98 Å². The van der Waals surface area contributed by atoms with Crippen molar-refractivity contribution < 1.29 is 14.5 Å². The number of nitro groups is 1. The number of amides is 1. The van der Waals surface area contributed by atoms with Crippen LogP contribution < -0.4 is 10.1 Å². The highest BCUT2D eigenvalue weighted by atomic mass is 35.5. The minimum atomic E-state index is -0.750. The lowest BCUT2D eigenvalue weighted by Crippen LogP contribution is -2.16. The molecule has 1 amide bonds. The maximum absolute atomic E-state index is 11.5. The number of benzene rings is 1. The Balaban J connectivity index is 1.97. The van der Waals surface area contributed by atoms with Gasteiger partial charge in [-0.25, -0.2) is 9.78 Å². The molecule has 0 bridgehead atoms. The van der Waals surface area contributed by atoms with Crippen LogP contribution in [0.4, 0.5) is 15.6 Å². The molecule has 2 aromatic rings. The van der Waals surface area contributed by atoms with Gasteiger partial charge in [-0.3, -0.25) is 15.4 Å². The van der Waals surface area contributed by atoms with Crippen LogP contribution in [0.3, 0.4) is 0 Å². The second-order valence-corrected chi connectivity index (χ2v) is 4.90. The molecule has 0 saturated carbocycles. The summed E-state index contributed by atoms with van der Waals surface area (Å²) < 4.78 is 5.35. The lowest BCUT2D eigenvalue weighted by molar-refractivity contribution is -0.384. The highest BCUT2D eigenvalue weighted by Gasteiger charge is 2.10. The highest BCUT2D eigenvalue weighted by molar-refractivity contribution is 7.19. The summed E-state index contributed by atoms with van der Waals surface area (Å²) in [6.45, 7) is 0. The Labute approximate surface area is 115 Å². The van der Waals surface area contributed by atoms with Crippen molar-refractivity contribution in [3.63, 3.8) is 0 Å². The average Bonchev–Trinajstić information content (AvgIpc) is 2.75. The number of hydrogen-bond acceptors (Lipinski definition) is 6. The smallest absolute Gasteiger partial charge is 0.410 e. The number of ether oxygens (including phenoxy) is 1. The molecule has 0 fully saturated rings. The largest absolute Gasteiger partial charge is 0.418 e. The molecule has 9 heteroatoms. The Hall–Kier alpha value is -2.19. The zero-order chi connectivity index (χ0) is 13.8. The lowest BCUT2D eigenvalue weighted by Gasteiger charge is -2.03. The summed E-state index contributed by atoms with van der Waals surface area (Å²) in [6.07, 6.45) is 0.646. The summed E-state index contributed by atoms with van der Waals surface area (Å²) in [5, 5.41) is 13.1. The Morgan fingerprint density at radius 3 is 2.63 bits per heavy atom. The number of nitro benzene ring substituents is 1. The van der Waals surface area contributed by atoms with E-state index in [0.717, 1.165) is 11.3 Å². The van der Waals surface area contributed by atoms with Crippen LogP contribution in [0.15, 0.2) is 30.5 Å². The van der Waals surface area contributed by atoms with Gasteiger partial charge < -0.3 is 4.74 Å². The normalized spacial score (nSPS) is 9.95. The Morgan fingerprint density at radius 1 is 1.42 bits per heavy atom. The molecular formula is C10H6ClN3O4S. The molecule has 19 heavy (non-hydrogen) atoms. The second-order valence-electron chi connectivity index (χ2n) is 3.24. The van der Waals surface area contributed by atoms with Crippen LogP contribution >= 0.6 is 22.9 Å². The van der Waals surface area contributed by atoms with Gasteiger partial charge in [0.25, 0.3) is 5.69 Å². The number of aromatic nitrogens is 1. The summed E-state index contributed by atoms with van der Waals surface area (Å²) in [5.74, 6) is 0.186. The number of hydrogen-bond donors (Lipinski definition) is 1. The van der Waals surface area contributed by atoms with Crippen LogP contribution in [-0.2, 0) is 0 Å². The van der Waals surface area contributed by atoms with Gasteiger partial charge in [-0.05, 0) is 12.1 Å². The number of carbonyl (C=O) groups is 1. The number of non-ortho nitro benzene ring substituents is 1. The molecule has 1 aromatic heterocycles. The molecule has 1 aromatic carbocycles. The quantitative estimate of drug-likeness (QED) is 0.693. The first-order valence-electron chi connectivity index (χ1n) is 4.89. The first-order valence-corrected chi connectivity index (χ1v) is 6.08. The molecule has 0 aliphatic heterocycles. The molecule has 1 heterocycles. The zero-order valence-electron chi connectivity index (χ0n) is 9.20. The number of nitrogens with one attached hydrogen (secondary N) is 1. The number of thiazole rings is 1. The van der Waals surface area contributed by atoms with Crippen molar-refractivity contribution in [3.05, 3.63) is 44.9 Å². The van der Waals surface area contributed by atoms with Crippen molar-refractivity contribution in [2.24, 2.45) is 0 Å². The molecule has 0 aliphatic carbocycles. The van der Waals surface area contributed by atoms with Crippen molar-refractivity contribution >= 4 is 39.8 Å². The maximum Gasteiger partial charge on any atom is 0.418 e. The zero-order valence-corrected chi connectivity index (χ0v) is 10.8. The number of anilines is 1. The molecule has 0 aliphatic rings. The van der Waals surface area contributed by atoms with E-state index in [4.69, 9.17) is 16.3 Å². The molecule has 98 valence electrons. The molecule has 7 nitrogen and oxygen atoms in total. The molecule has 0 unspecified atom stereocenters. The van der Waals surface area contributed by atoms with Gasteiger partial charge in [0.1, 0.15) is 10.1 Å². The number of carbonyl (C=O) groups excluding carboxylic acids is 1. The topological polar surface area (TPSA) is 94.4 Å². The van der Waals surface area contributed by atoms with Gasteiger partial charge in [-0.15, -0.1) is 0 Å². The molecule has 2 rings (SSSR count). The fourth-order valence-corrected chi connectivity index (χ4v) is 1.97. The van der Waals surface area contributed by atoms with Gasteiger partial charge in [-0.1, -0.05) is 22.9 Å². The van der Waals surface area contributed by atoms with E-state index >= 15 is 0 Å². The van der Waals surface area contributed by atoms with Crippen LogP contribution in [0.1, 0.15) is 0 Å². The highest BCUT2D eigenvalue weighted by Crippen LogP contribution is 2.23. The van der Waals surface area contributed by atoms with Gasteiger partial charge in [0.2, 0.25) is 0 Å². The van der Waals surface area contributed by atoms with Gasteiger partial charge in [0.05, 0.1) is 11.1 Å². The minimum Gasteiger partial charge on any atom is -0.410 e. The summed E-state index contributed by atoms with van der Waals surface area (Å²) in [4.78, 5) is 25.2. The van der Waals surface area contributed by atoms with E-state index in [-0.39, 0.29) is 11.4 Å². The van der Waals surface area contributed by atoms with E-state index in [1.165, 1.54) is 30.5 Å². The lowest BCUT2D eigenvalue weighted by atomic mass is 10.3. The third-order valence-corrected chi connectivity index (χ3v) is 2.97. The van der Waals surface area contributed by atoms with Crippen molar-refractivity contribution in [3.8, 4) is 5.75 Å².